The Balaban J connectivity index is 1.62. The molecule has 0 unspecified atom stereocenters. The van der Waals surface area contributed by atoms with Crippen molar-refractivity contribution >= 4 is 11.8 Å². The van der Waals surface area contributed by atoms with Crippen LogP contribution >= 0.6 is 0 Å². The van der Waals surface area contributed by atoms with Crippen LogP contribution in [0.25, 0.3) is 0 Å². The first-order valence-corrected chi connectivity index (χ1v) is 8.95. The SMILES string of the molecule is O=C(CCn1cccc1)N[C@H](Cc1ccccc1)C(=O)N1CCCC1. The van der Waals surface area contributed by atoms with E-state index in [1.165, 1.54) is 0 Å². The lowest BCUT2D eigenvalue weighted by molar-refractivity contribution is -0.135. The van der Waals surface area contributed by atoms with Gasteiger partial charge in [-0.15, -0.1) is 0 Å². The molecule has 0 aliphatic carbocycles. The smallest absolute Gasteiger partial charge is 0.245 e. The Kier molecular flexibility index (Phi) is 5.88. The van der Waals surface area contributed by atoms with E-state index >= 15 is 0 Å². The van der Waals surface area contributed by atoms with Gasteiger partial charge in [0.15, 0.2) is 0 Å². The molecule has 2 aromatic rings. The van der Waals surface area contributed by atoms with Crippen LogP contribution in [0.1, 0.15) is 24.8 Å². The van der Waals surface area contributed by atoms with Gasteiger partial charge >= 0.3 is 0 Å². The van der Waals surface area contributed by atoms with Crippen molar-refractivity contribution in [3.05, 3.63) is 60.4 Å². The Morgan fingerprint density at radius 2 is 1.68 bits per heavy atom. The second-order valence-electron chi connectivity index (χ2n) is 6.51. The number of likely N-dealkylation sites (tertiary alicyclic amines) is 1. The predicted molar refractivity (Wildman–Crippen MR) is 96.9 cm³/mol. The van der Waals surface area contributed by atoms with Crippen LogP contribution in [0.5, 0.6) is 0 Å². The van der Waals surface area contributed by atoms with Crippen LogP contribution in [0.15, 0.2) is 54.9 Å². The highest BCUT2D eigenvalue weighted by Gasteiger charge is 2.27. The topological polar surface area (TPSA) is 54.3 Å². The second-order valence-corrected chi connectivity index (χ2v) is 6.51. The first-order valence-electron chi connectivity index (χ1n) is 8.95. The van der Waals surface area contributed by atoms with Crippen molar-refractivity contribution in [3.8, 4) is 0 Å². The van der Waals surface area contributed by atoms with Gasteiger partial charge in [0.25, 0.3) is 0 Å². The third-order valence-electron chi connectivity index (χ3n) is 4.60. The molecule has 2 amide bonds. The minimum atomic E-state index is -0.488. The Hall–Kier alpha value is -2.56. The summed E-state index contributed by atoms with van der Waals surface area (Å²) in [6.07, 6.45) is 6.86. The zero-order chi connectivity index (χ0) is 17.5. The summed E-state index contributed by atoms with van der Waals surface area (Å²) in [7, 11) is 0. The molecule has 132 valence electrons. The molecule has 5 heteroatoms. The summed E-state index contributed by atoms with van der Waals surface area (Å²) < 4.78 is 1.97. The third kappa shape index (κ3) is 4.95. The van der Waals surface area contributed by atoms with E-state index in [1.54, 1.807) is 0 Å². The second kappa shape index (κ2) is 8.51. The van der Waals surface area contributed by atoms with Crippen molar-refractivity contribution in [2.24, 2.45) is 0 Å². The summed E-state index contributed by atoms with van der Waals surface area (Å²) in [6.45, 7) is 2.21. The van der Waals surface area contributed by atoms with Crippen LogP contribution in [0.3, 0.4) is 0 Å². The number of nitrogens with one attached hydrogen (secondary N) is 1. The summed E-state index contributed by atoms with van der Waals surface area (Å²) in [6, 6.07) is 13.3. The van der Waals surface area contributed by atoms with Crippen LogP contribution in [-0.2, 0) is 22.6 Å². The average Bonchev–Trinajstić information content (AvgIpc) is 3.33. The van der Waals surface area contributed by atoms with Crippen molar-refractivity contribution in [1.82, 2.24) is 14.8 Å². The lowest BCUT2D eigenvalue weighted by Gasteiger charge is -2.24. The zero-order valence-corrected chi connectivity index (χ0v) is 14.4. The molecule has 0 spiro atoms. The molecule has 1 aromatic carbocycles. The molecule has 1 saturated heterocycles. The fourth-order valence-electron chi connectivity index (χ4n) is 3.22. The normalized spacial score (nSPS) is 15.1. The molecule has 0 radical (unpaired) electrons. The fourth-order valence-corrected chi connectivity index (χ4v) is 3.22. The van der Waals surface area contributed by atoms with Gasteiger partial charge in [-0.25, -0.2) is 0 Å². The number of benzene rings is 1. The van der Waals surface area contributed by atoms with Gasteiger partial charge in [-0.3, -0.25) is 9.59 Å². The minimum Gasteiger partial charge on any atom is -0.354 e. The predicted octanol–water partition coefficient (Wildman–Crippen LogP) is 2.23. The molecule has 3 rings (SSSR count). The molecule has 1 N–H and O–H groups in total. The standard InChI is InChI=1S/C20H25N3O2/c24-19(10-15-22-11-4-5-12-22)21-18(16-17-8-2-1-3-9-17)20(25)23-13-6-7-14-23/h1-5,8-9,11-12,18H,6-7,10,13-16H2,(H,21,24)/t18-/m1/s1. The number of amides is 2. The Morgan fingerprint density at radius 3 is 2.36 bits per heavy atom. The Morgan fingerprint density at radius 1 is 1.00 bits per heavy atom. The van der Waals surface area contributed by atoms with Crippen molar-refractivity contribution < 1.29 is 9.59 Å². The highest BCUT2D eigenvalue weighted by atomic mass is 16.2. The number of carbonyl (C=O) groups is 2. The highest BCUT2D eigenvalue weighted by molar-refractivity contribution is 5.88. The molecule has 1 aromatic heterocycles. The molecule has 25 heavy (non-hydrogen) atoms. The third-order valence-corrected chi connectivity index (χ3v) is 4.60. The van der Waals surface area contributed by atoms with Crippen LogP contribution in [0, 0.1) is 0 Å². The van der Waals surface area contributed by atoms with Gasteiger partial charge < -0.3 is 14.8 Å². The van der Waals surface area contributed by atoms with Crippen molar-refractivity contribution in [2.75, 3.05) is 13.1 Å². The molecule has 1 atom stereocenters. The highest BCUT2D eigenvalue weighted by Crippen LogP contribution is 2.12. The first kappa shape index (κ1) is 17.3. The number of aromatic nitrogens is 1. The van der Waals surface area contributed by atoms with Gasteiger partial charge in [0.1, 0.15) is 6.04 Å². The van der Waals surface area contributed by atoms with E-state index in [4.69, 9.17) is 0 Å². The van der Waals surface area contributed by atoms with Gasteiger partial charge in [-0.2, -0.15) is 0 Å². The van der Waals surface area contributed by atoms with Crippen LogP contribution < -0.4 is 5.32 Å². The van der Waals surface area contributed by atoms with E-state index in [0.717, 1.165) is 31.5 Å². The lowest BCUT2D eigenvalue weighted by Crippen LogP contribution is -2.49. The number of hydrogen-bond donors (Lipinski definition) is 1. The quantitative estimate of drug-likeness (QED) is 0.841. The van der Waals surface area contributed by atoms with Crippen molar-refractivity contribution in [2.45, 2.75) is 38.3 Å². The summed E-state index contributed by atoms with van der Waals surface area (Å²) in [5.74, 6) is -0.0437. The van der Waals surface area contributed by atoms with E-state index < -0.39 is 6.04 Å². The van der Waals surface area contributed by atoms with E-state index in [-0.39, 0.29) is 11.8 Å². The maximum Gasteiger partial charge on any atom is 0.245 e. The summed E-state index contributed by atoms with van der Waals surface area (Å²) in [4.78, 5) is 27.1. The molecule has 1 aliphatic rings. The lowest BCUT2D eigenvalue weighted by atomic mass is 10.0. The maximum atomic E-state index is 12.8. The number of hydrogen-bond acceptors (Lipinski definition) is 2. The van der Waals surface area contributed by atoms with Crippen LogP contribution in [0.2, 0.25) is 0 Å². The molecule has 2 heterocycles. The Labute approximate surface area is 148 Å². The molecule has 5 nitrogen and oxygen atoms in total. The Bertz CT molecular complexity index is 676. The fraction of sp³-hybridized carbons (Fsp3) is 0.400. The van der Waals surface area contributed by atoms with Gasteiger partial charge in [0.2, 0.25) is 11.8 Å². The van der Waals surface area contributed by atoms with Gasteiger partial charge in [0.05, 0.1) is 0 Å². The summed E-state index contributed by atoms with van der Waals surface area (Å²) in [5.41, 5.74) is 1.06. The monoisotopic (exact) mass is 339 g/mol. The molecule has 0 saturated carbocycles. The maximum absolute atomic E-state index is 12.8. The van der Waals surface area contributed by atoms with E-state index in [2.05, 4.69) is 5.32 Å². The minimum absolute atomic E-state index is 0.0377. The summed E-state index contributed by atoms with van der Waals surface area (Å²) in [5, 5.41) is 2.96. The molecule has 1 aliphatic heterocycles. The number of carbonyl (C=O) groups excluding carboxylic acids is 2. The number of nitrogens with zero attached hydrogens (tertiary/aromatic N) is 2. The molecule has 1 fully saturated rings. The van der Waals surface area contributed by atoms with Crippen LogP contribution in [0.4, 0.5) is 0 Å². The molecular weight excluding hydrogens is 314 g/mol. The van der Waals surface area contributed by atoms with Crippen LogP contribution in [-0.4, -0.2) is 40.4 Å². The first-order chi connectivity index (χ1) is 12.2. The van der Waals surface area contributed by atoms with Crippen molar-refractivity contribution in [3.63, 3.8) is 0 Å². The largest absolute Gasteiger partial charge is 0.354 e. The molecule has 0 bridgehead atoms. The molecular formula is C20H25N3O2. The van der Waals surface area contributed by atoms with Crippen molar-refractivity contribution in [1.29, 1.82) is 0 Å². The van der Waals surface area contributed by atoms with E-state index in [0.29, 0.717) is 19.4 Å². The average molecular weight is 339 g/mol. The van der Waals surface area contributed by atoms with E-state index in [1.807, 2.05) is 64.3 Å². The van der Waals surface area contributed by atoms with Gasteiger partial charge in [-0.05, 0) is 30.5 Å². The van der Waals surface area contributed by atoms with Gasteiger partial charge in [0, 0.05) is 44.9 Å². The zero-order valence-electron chi connectivity index (χ0n) is 14.4. The van der Waals surface area contributed by atoms with E-state index in [9.17, 15) is 9.59 Å². The summed E-state index contributed by atoms with van der Waals surface area (Å²) >= 11 is 0. The van der Waals surface area contributed by atoms with Gasteiger partial charge in [-0.1, -0.05) is 30.3 Å². The number of rotatable bonds is 7. The number of aryl methyl sites for hydroxylation is 1.